The Balaban J connectivity index is 2.35. The third kappa shape index (κ3) is 4.54. The van der Waals surface area contributed by atoms with Crippen molar-refractivity contribution in [3.63, 3.8) is 0 Å². The molecule has 2 amide bonds. The van der Waals surface area contributed by atoms with Gasteiger partial charge in [-0.05, 0) is 0 Å². The maximum atomic E-state index is 11.8. The lowest BCUT2D eigenvalue weighted by atomic mass is 10.1. The second-order valence-corrected chi connectivity index (χ2v) is 4.94. The topological polar surface area (TPSA) is 66.9 Å². The number of carbonyl (C=O) groups excluding carboxylic acids is 3. The molecule has 0 bridgehead atoms. The highest BCUT2D eigenvalue weighted by Gasteiger charge is 2.25. The first kappa shape index (κ1) is 15.5. The smallest absolute Gasteiger partial charge is 0.306 e. The summed E-state index contributed by atoms with van der Waals surface area (Å²) >= 11 is 0. The van der Waals surface area contributed by atoms with Crippen LogP contribution in [0.5, 0.6) is 0 Å². The van der Waals surface area contributed by atoms with Crippen molar-refractivity contribution >= 4 is 17.8 Å². The van der Waals surface area contributed by atoms with Crippen LogP contribution in [0.1, 0.15) is 26.7 Å². The molecule has 0 atom stereocenters. The van der Waals surface area contributed by atoms with Gasteiger partial charge in [-0.3, -0.25) is 14.4 Å². The Morgan fingerprint density at radius 1 is 1.00 bits per heavy atom. The molecule has 0 aromatic carbocycles. The number of piperazine rings is 1. The van der Waals surface area contributed by atoms with E-state index in [4.69, 9.17) is 0 Å². The average Bonchev–Trinajstić information content (AvgIpc) is 2.43. The molecule has 0 radical (unpaired) electrons. The van der Waals surface area contributed by atoms with E-state index < -0.39 is 0 Å². The van der Waals surface area contributed by atoms with Crippen molar-refractivity contribution < 1.29 is 19.1 Å². The van der Waals surface area contributed by atoms with Crippen LogP contribution in [0.4, 0.5) is 0 Å². The van der Waals surface area contributed by atoms with Gasteiger partial charge in [-0.1, -0.05) is 13.8 Å². The Labute approximate surface area is 113 Å². The highest BCUT2D eigenvalue weighted by Crippen LogP contribution is 2.09. The van der Waals surface area contributed by atoms with E-state index in [0.29, 0.717) is 26.2 Å². The minimum Gasteiger partial charge on any atom is -0.469 e. The van der Waals surface area contributed by atoms with Gasteiger partial charge in [-0.2, -0.15) is 0 Å². The first-order chi connectivity index (χ1) is 8.95. The Morgan fingerprint density at radius 2 is 1.53 bits per heavy atom. The summed E-state index contributed by atoms with van der Waals surface area (Å²) in [4.78, 5) is 38.1. The molecule has 0 unspecified atom stereocenters. The summed E-state index contributed by atoms with van der Waals surface area (Å²) in [6, 6.07) is 0. The maximum Gasteiger partial charge on any atom is 0.306 e. The van der Waals surface area contributed by atoms with Crippen LogP contribution < -0.4 is 0 Å². The number of ether oxygens (including phenoxy) is 1. The van der Waals surface area contributed by atoms with Crippen LogP contribution in [0.15, 0.2) is 0 Å². The van der Waals surface area contributed by atoms with E-state index in [1.54, 1.807) is 9.80 Å². The van der Waals surface area contributed by atoms with Crippen LogP contribution in [0.2, 0.25) is 0 Å². The quantitative estimate of drug-likeness (QED) is 0.688. The van der Waals surface area contributed by atoms with Gasteiger partial charge in [0.05, 0.1) is 13.5 Å². The summed E-state index contributed by atoms with van der Waals surface area (Å²) in [5.74, 6) is -0.313. The predicted octanol–water partition coefficient (Wildman–Crippen LogP) is 0.266. The van der Waals surface area contributed by atoms with Crippen LogP contribution in [0.25, 0.3) is 0 Å². The molecule has 6 heteroatoms. The van der Waals surface area contributed by atoms with Crippen molar-refractivity contribution in [3.8, 4) is 0 Å². The van der Waals surface area contributed by atoms with Gasteiger partial charge in [-0.25, -0.2) is 0 Å². The molecule has 0 aliphatic carbocycles. The summed E-state index contributed by atoms with van der Waals surface area (Å²) in [6.07, 6.45) is 0.283. The molecule has 19 heavy (non-hydrogen) atoms. The molecule has 0 saturated carbocycles. The SMILES string of the molecule is COC(=O)CCC(=O)N1CCN(C(=O)C(C)C)CC1. The van der Waals surface area contributed by atoms with E-state index in [9.17, 15) is 14.4 Å². The molecule has 1 rings (SSSR count). The minimum absolute atomic E-state index is 0.0124. The van der Waals surface area contributed by atoms with Crippen LogP contribution in [0.3, 0.4) is 0 Å². The zero-order valence-corrected chi connectivity index (χ0v) is 11.8. The molecule has 1 heterocycles. The maximum absolute atomic E-state index is 11.8. The van der Waals surface area contributed by atoms with Gasteiger partial charge in [0.25, 0.3) is 0 Å². The average molecular weight is 270 g/mol. The van der Waals surface area contributed by atoms with E-state index in [2.05, 4.69) is 4.74 Å². The molecule has 0 spiro atoms. The van der Waals surface area contributed by atoms with Crippen molar-refractivity contribution in [1.82, 2.24) is 9.80 Å². The van der Waals surface area contributed by atoms with E-state index >= 15 is 0 Å². The third-order valence-electron chi connectivity index (χ3n) is 3.21. The Bertz CT molecular complexity index is 347. The van der Waals surface area contributed by atoms with Gasteiger partial charge in [0.2, 0.25) is 11.8 Å². The van der Waals surface area contributed by atoms with Gasteiger partial charge in [0.1, 0.15) is 0 Å². The fourth-order valence-electron chi connectivity index (χ4n) is 2.01. The van der Waals surface area contributed by atoms with Crippen molar-refractivity contribution in [2.45, 2.75) is 26.7 Å². The Morgan fingerprint density at radius 3 is 2.00 bits per heavy atom. The number of rotatable bonds is 4. The zero-order valence-electron chi connectivity index (χ0n) is 11.8. The van der Waals surface area contributed by atoms with Gasteiger partial charge in [-0.15, -0.1) is 0 Å². The summed E-state index contributed by atoms with van der Waals surface area (Å²) in [7, 11) is 1.31. The number of methoxy groups -OCH3 is 1. The highest BCUT2D eigenvalue weighted by molar-refractivity contribution is 5.82. The monoisotopic (exact) mass is 270 g/mol. The number of hydrogen-bond donors (Lipinski definition) is 0. The summed E-state index contributed by atoms with van der Waals surface area (Å²) < 4.78 is 4.50. The van der Waals surface area contributed by atoms with Crippen molar-refractivity contribution in [2.24, 2.45) is 5.92 Å². The second kappa shape index (κ2) is 7.11. The lowest BCUT2D eigenvalue weighted by molar-refractivity contribution is -0.145. The molecular weight excluding hydrogens is 248 g/mol. The number of nitrogens with zero attached hydrogens (tertiary/aromatic N) is 2. The molecule has 1 aliphatic heterocycles. The third-order valence-corrected chi connectivity index (χ3v) is 3.21. The van der Waals surface area contributed by atoms with Gasteiger partial charge >= 0.3 is 5.97 Å². The summed E-state index contributed by atoms with van der Waals surface area (Å²) in [6.45, 7) is 5.96. The van der Waals surface area contributed by atoms with E-state index in [1.165, 1.54) is 7.11 Å². The molecule has 108 valence electrons. The van der Waals surface area contributed by atoms with Crippen LogP contribution in [-0.4, -0.2) is 60.9 Å². The second-order valence-electron chi connectivity index (χ2n) is 4.94. The van der Waals surface area contributed by atoms with Crippen molar-refractivity contribution in [2.75, 3.05) is 33.3 Å². The molecule has 1 saturated heterocycles. The van der Waals surface area contributed by atoms with E-state index in [0.717, 1.165) is 0 Å². The fraction of sp³-hybridized carbons (Fsp3) is 0.769. The first-order valence-electron chi connectivity index (χ1n) is 6.59. The lowest BCUT2D eigenvalue weighted by Crippen LogP contribution is -2.51. The summed E-state index contributed by atoms with van der Waals surface area (Å²) in [5, 5.41) is 0. The molecular formula is C13H22N2O4. The minimum atomic E-state index is -0.373. The summed E-state index contributed by atoms with van der Waals surface area (Å²) in [5.41, 5.74) is 0. The van der Waals surface area contributed by atoms with Gasteiger partial charge in [0.15, 0.2) is 0 Å². The van der Waals surface area contributed by atoms with Crippen LogP contribution in [0, 0.1) is 5.92 Å². The fourth-order valence-corrected chi connectivity index (χ4v) is 2.01. The van der Waals surface area contributed by atoms with E-state index in [-0.39, 0.29) is 36.5 Å². The Kier molecular flexibility index (Phi) is 5.79. The van der Waals surface area contributed by atoms with Crippen LogP contribution >= 0.6 is 0 Å². The standard InChI is InChI=1S/C13H22N2O4/c1-10(2)13(18)15-8-6-14(7-9-15)11(16)4-5-12(17)19-3/h10H,4-9H2,1-3H3. The lowest BCUT2D eigenvalue weighted by Gasteiger charge is -2.35. The van der Waals surface area contributed by atoms with Gasteiger partial charge in [0, 0.05) is 38.5 Å². The highest BCUT2D eigenvalue weighted by atomic mass is 16.5. The molecule has 0 aromatic rings. The zero-order chi connectivity index (χ0) is 14.4. The number of esters is 1. The van der Waals surface area contributed by atoms with Gasteiger partial charge < -0.3 is 14.5 Å². The normalized spacial score (nSPS) is 15.6. The van der Waals surface area contributed by atoms with E-state index in [1.807, 2.05) is 13.8 Å². The molecule has 0 N–H and O–H groups in total. The Hall–Kier alpha value is -1.59. The molecule has 0 aromatic heterocycles. The largest absolute Gasteiger partial charge is 0.469 e. The predicted molar refractivity (Wildman–Crippen MR) is 69.2 cm³/mol. The van der Waals surface area contributed by atoms with Crippen molar-refractivity contribution in [3.05, 3.63) is 0 Å². The van der Waals surface area contributed by atoms with Crippen LogP contribution in [-0.2, 0) is 19.1 Å². The number of carbonyl (C=O) groups is 3. The molecule has 1 fully saturated rings. The molecule has 6 nitrogen and oxygen atoms in total. The number of hydrogen-bond acceptors (Lipinski definition) is 4. The van der Waals surface area contributed by atoms with Crippen molar-refractivity contribution in [1.29, 1.82) is 0 Å². The number of amides is 2. The first-order valence-corrected chi connectivity index (χ1v) is 6.59. The molecule has 1 aliphatic rings.